The fourth-order valence-corrected chi connectivity index (χ4v) is 3.18. The zero-order valence-corrected chi connectivity index (χ0v) is 14.8. The summed E-state index contributed by atoms with van der Waals surface area (Å²) in [5.74, 6) is -0.444. The molecule has 0 aromatic rings. The Morgan fingerprint density at radius 1 is 1.04 bits per heavy atom. The standard InChI is InChI=1S/C14H21F6NO2S/c1-11(2,10(22)23-5)9-12(3,4)24-8-6-7-21(13(15,16)17)14(18,19)20/h6,8H,7,9H2,1-5H3/b8-6+. The Kier molecular flexibility index (Phi) is 7.69. The van der Waals surface area contributed by atoms with Gasteiger partial charge in [-0.15, -0.1) is 16.7 Å². The molecule has 0 unspecified atom stereocenters. The smallest absolute Gasteiger partial charge is 0.467 e. The quantitative estimate of drug-likeness (QED) is 0.355. The number of carbonyl (C=O) groups excluding carboxylic acids is 1. The molecule has 0 radical (unpaired) electrons. The van der Waals surface area contributed by atoms with Gasteiger partial charge >= 0.3 is 18.6 Å². The molecule has 0 aliphatic heterocycles. The van der Waals surface area contributed by atoms with Crippen LogP contribution in [-0.2, 0) is 9.53 Å². The van der Waals surface area contributed by atoms with E-state index in [2.05, 4.69) is 4.74 Å². The van der Waals surface area contributed by atoms with E-state index in [0.717, 1.165) is 17.8 Å². The summed E-state index contributed by atoms with van der Waals surface area (Å²) in [5.41, 5.74) is -0.830. The molecule has 0 heterocycles. The molecule has 0 aliphatic rings. The molecule has 0 aliphatic carbocycles. The minimum Gasteiger partial charge on any atom is -0.469 e. The molecule has 0 spiro atoms. The van der Waals surface area contributed by atoms with Crippen molar-refractivity contribution in [1.82, 2.24) is 4.90 Å². The average Bonchev–Trinajstić information content (AvgIpc) is 2.32. The largest absolute Gasteiger partial charge is 0.469 e. The number of hydrogen-bond acceptors (Lipinski definition) is 4. The molecular formula is C14H21F6NO2S. The summed E-state index contributed by atoms with van der Waals surface area (Å²) in [6, 6.07) is 0. The molecule has 10 heteroatoms. The van der Waals surface area contributed by atoms with E-state index >= 15 is 0 Å². The van der Waals surface area contributed by atoms with Crippen molar-refractivity contribution >= 4 is 17.7 Å². The number of halogens is 6. The highest BCUT2D eigenvalue weighted by molar-refractivity contribution is 8.03. The Bertz CT molecular complexity index is 443. The minimum atomic E-state index is -5.50. The van der Waals surface area contributed by atoms with Gasteiger partial charge in [-0.1, -0.05) is 19.9 Å². The summed E-state index contributed by atoms with van der Waals surface area (Å²) in [6.07, 6.45) is -9.90. The van der Waals surface area contributed by atoms with E-state index in [0.29, 0.717) is 6.42 Å². The Morgan fingerprint density at radius 2 is 1.50 bits per heavy atom. The second kappa shape index (κ2) is 7.99. The summed E-state index contributed by atoms with van der Waals surface area (Å²) in [6.45, 7) is 5.44. The molecular weight excluding hydrogens is 360 g/mol. The number of rotatable bonds is 7. The van der Waals surface area contributed by atoms with E-state index in [4.69, 9.17) is 0 Å². The zero-order chi connectivity index (χ0) is 19.4. The Hall–Kier alpha value is -0.900. The summed E-state index contributed by atoms with van der Waals surface area (Å²) in [7, 11) is 1.24. The molecule has 142 valence electrons. The minimum absolute atomic E-state index is 0.323. The lowest BCUT2D eigenvalue weighted by molar-refractivity contribution is -0.369. The monoisotopic (exact) mass is 381 g/mol. The number of ether oxygens (including phenoxy) is 1. The first-order valence-electron chi connectivity index (χ1n) is 6.85. The predicted molar refractivity (Wildman–Crippen MR) is 80.0 cm³/mol. The molecule has 0 saturated heterocycles. The average molecular weight is 381 g/mol. The Balaban J connectivity index is 4.82. The lowest BCUT2D eigenvalue weighted by Crippen LogP contribution is -2.47. The first-order valence-corrected chi connectivity index (χ1v) is 7.73. The van der Waals surface area contributed by atoms with Gasteiger partial charge in [0, 0.05) is 11.3 Å². The van der Waals surface area contributed by atoms with Gasteiger partial charge in [0.2, 0.25) is 0 Å². The Labute approximate surface area is 141 Å². The van der Waals surface area contributed by atoms with Gasteiger partial charge in [-0.25, -0.2) is 0 Å². The molecule has 0 rings (SSSR count). The first-order chi connectivity index (χ1) is 10.5. The third-order valence-corrected chi connectivity index (χ3v) is 4.10. The van der Waals surface area contributed by atoms with Gasteiger partial charge in [0.15, 0.2) is 0 Å². The van der Waals surface area contributed by atoms with Crippen LogP contribution in [0, 0.1) is 5.41 Å². The summed E-state index contributed by atoms with van der Waals surface area (Å²) in [4.78, 5) is 10.1. The SMILES string of the molecule is COC(=O)C(C)(C)CC(C)(C)S/C=C/CN(C(F)(F)F)C(F)(F)F. The van der Waals surface area contributed by atoms with Crippen molar-refractivity contribution in [3.05, 3.63) is 11.5 Å². The number of hydrogen-bond donors (Lipinski definition) is 0. The second-order valence-corrected chi connectivity index (χ2v) is 7.96. The fourth-order valence-electron chi connectivity index (χ4n) is 2.19. The molecule has 0 N–H and O–H groups in total. The lowest BCUT2D eigenvalue weighted by atomic mass is 9.83. The summed E-state index contributed by atoms with van der Waals surface area (Å²) < 4.78 is 78.1. The number of methoxy groups -OCH3 is 1. The fraction of sp³-hybridized carbons (Fsp3) is 0.786. The van der Waals surface area contributed by atoms with Crippen LogP contribution >= 0.6 is 11.8 Å². The van der Waals surface area contributed by atoms with Gasteiger partial charge in [0.05, 0.1) is 12.5 Å². The van der Waals surface area contributed by atoms with Crippen molar-refractivity contribution in [2.24, 2.45) is 5.41 Å². The number of alkyl halides is 6. The van der Waals surface area contributed by atoms with Crippen LogP contribution in [-0.4, -0.2) is 41.9 Å². The van der Waals surface area contributed by atoms with E-state index < -0.39 is 40.2 Å². The van der Waals surface area contributed by atoms with Crippen LogP contribution in [0.2, 0.25) is 0 Å². The predicted octanol–water partition coefficient (Wildman–Crippen LogP) is 4.94. The van der Waals surface area contributed by atoms with Gasteiger partial charge in [0.1, 0.15) is 0 Å². The highest BCUT2D eigenvalue weighted by Gasteiger charge is 2.53. The highest BCUT2D eigenvalue weighted by atomic mass is 32.2. The number of esters is 1. The van der Waals surface area contributed by atoms with Crippen LogP contribution in [0.1, 0.15) is 34.1 Å². The van der Waals surface area contributed by atoms with Crippen molar-refractivity contribution in [3.8, 4) is 0 Å². The number of thioether (sulfide) groups is 1. The van der Waals surface area contributed by atoms with Gasteiger partial charge in [-0.2, -0.15) is 26.3 Å². The third-order valence-electron chi connectivity index (χ3n) is 2.99. The van der Waals surface area contributed by atoms with Crippen LogP contribution in [0.5, 0.6) is 0 Å². The summed E-state index contributed by atoms with van der Waals surface area (Å²) >= 11 is 1.05. The van der Waals surface area contributed by atoms with Crippen molar-refractivity contribution in [2.75, 3.05) is 13.7 Å². The topological polar surface area (TPSA) is 29.5 Å². The summed E-state index contributed by atoms with van der Waals surface area (Å²) in [5, 5.41) is 1.18. The van der Waals surface area contributed by atoms with Gasteiger partial charge in [-0.3, -0.25) is 4.79 Å². The molecule has 24 heavy (non-hydrogen) atoms. The van der Waals surface area contributed by atoms with Crippen LogP contribution in [0.25, 0.3) is 0 Å². The molecule has 0 fully saturated rings. The van der Waals surface area contributed by atoms with Gasteiger partial charge in [-0.05, 0) is 25.7 Å². The van der Waals surface area contributed by atoms with Crippen molar-refractivity contribution in [3.63, 3.8) is 0 Å². The van der Waals surface area contributed by atoms with E-state index in [1.165, 1.54) is 12.5 Å². The van der Waals surface area contributed by atoms with Crippen molar-refractivity contribution < 1.29 is 35.9 Å². The maximum atomic E-state index is 12.3. The number of nitrogens with zero attached hydrogens (tertiary/aromatic N) is 1. The molecule has 3 nitrogen and oxygen atoms in total. The molecule has 0 saturated carbocycles. The maximum absolute atomic E-state index is 12.3. The van der Waals surface area contributed by atoms with Crippen LogP contribution in [0.3, 0.4) is 0 Å². The van der Waals surface area contributed by atoms with E-state index in [1.807, 2.05) is 0 Å². The maximum Gasteiger partial charge on any atom is 0.467 e. The van der Waals surface area contributed by atoms with Gasteiger partial charge < -0.3 is 4.74 Å². The highest BCUT2D eigenvalue weighted by Crippen LogP contribution is 2.38. The second-order valence-electron chi connectivity index (χ2n) is 6.35. The molecule has 0 aromatic carbocycles. The first kappa shape index (κ1) is 23.1. The third kappa shape index (κ3) is 7.78. The molecule has 0 atom stereocenters. The van der Waals surface area contributed by atoms with Gasteiger partial charge in [0.25, 0.3) is 0 Å². The number of carbonyl (C=O) groups is 1. The van der Waals surface area contributed by atoms with E-state index in [-0.39, 0.29) is 0 Å². The van der Waals surface area contributed by atoms with Crippen LogP contribution in [0.4, 0.5) is 26.3 Å². The molecule has 0 aromatic heterocycles. The van der Waals surface area contributed by atoms with Crippen LogP contribution < -0.4 is 0 Å². The normalized spacial score (nSPS) is 14.5. The van der Waals surface area contributed by atoms with Crippen molar-refractivity contribution in [2.45, 2.75) is 51.5 Å². The van der Waals surface area contributed by atoms with E-state index in [1.54, 1.807) is 27.7 Å². The van der Waals surface area contributed by atoms with Crippen LogP contribution in [0.15, 0.2) is 11.5 Å². The lowest BCUT2D eigenvalue weighted by Gasteiger charge is -2.31. The molecule has 0 bridgehead atoms. The van der Waals surface area contributed by atoms with Crippen molar-refractivity contribution in [1.29, 1.82) is 0 Å². The Morgan fingerprint density at radius 3 is 1.88 bits per heavy atom. The molecule has 0 amide bonds. The van der Waals surface area contributed by atoms with E-state index in [9.17, 15) is 31.1 Å². The zero-order valence-electron chi connectivity index (χ0n) is 14.0.